The average Bonchev–Trinajstić information content (AvgIpc) is 2.38. The summed E-state index contributed by atoms with van der Waals surface area (Å²) in [6, 6.07) is 0.902. The molecule has 0 saturated heterocycles. The minimum absolute atomic E-state index is 0.0839. The van der Waals surface area contributed by atoms with Crippen LogP contribution >= 0.6 is 11.8 Å². The van der Waals surface area contributed by atoms with Gasteiger partial charge in [0.1, 0.15) is 10.8 Å². The van der Waals surface area contributed by atoms with Crippen LogP contribution in [0, 0.1) is 5.82 Å². The second kappa shape index (κ2) is 7.08. The summed E-state index contributed by atoms with van der Waals surface area (Å²) in [5, 5.41) is 9.09. The van der Waals surface area contributed by atoms with E-state index in [0.717, 1.165) is 24.0 Å². The van der Waals surface area contributed by atoms with Crippen molar-refractivity contribution >= 4 is 23.6 Å². The van der Waals surface area contributed by atoms with Crippen LogP contribution in [0.4, 0.5) is 4.39 Å². The van der Waals surface area contributed by atoms with Crippen molar-refractivity contribution in [2.24, 2.45) is 0 Å². The first-order chi connectivity index (χ1) is 8.99. The van der Waals surface area contributed by atoms with E-state index in [0.29, 0.717) is 13.1 Å². The molecule has 0 spiro atoms. The molecule has 0 aliphatic carbocycles. The second-order valence-electron chi connectivity index (χ2n) is 3.67. The number of rotatable bonds is 6. The highest BCUT2D eigenvalue weighted by Crippen LogP contribution is 2.21. The summed E-state index contributed by atoms with van der Waals surface area (Å²) in [7, 11) is 0. The number of pyridine rings is 1. The molecule has 0 aromatic carbocycles. The number of aromatic carboxylic acids is 1. The van der Waals surface area contributed by atoms with Crippen LogP contribution in [0.3, 0.4) is 0 Å². The molecule has 5 nitrogen and oxygen atoms in total. The van der Waals surface area contributed by atoms with Gasteiger partial charge in [0.2, 0.25) is 5.91 Å². The molecule has 104 valence electrons. The third-order valence-corrected chi connectivity index (χ3v) is 3.49. The highest BCUT2D eigenvalue weighted by atomic mass is 32.2. The van der Waals surface area contributed by atoms with Crippen LogP contribution in [-0.4, -0.2) is 45.7 Å². The van der Waals surface area contributed by atoms with Gasteiger partial charge in [0.15, 0.2) is 0 Å². The first-order valence-electron chi connectivity index (χ1n) is 5.79. The van der Waals surface area contributed by atoms with Crippen molar-refractivity contribution in [3.63, 3.8) is 0 Å². The largest absolute Gasteiger partial charge is 0.478 e. The molecule has 0 aliphatic heterocycles. The number of carbonyl (C=O) groups excluding carboxylic acids is 1. The molecule has 19 heavy (non-hydrogen) atoms. The average molecular weight is 286 g/mol. The van der Waals surface area contributed by atoms with Crippen LogP contribution in [0.5, 0.6) is 0 Å². The maximum absolute atomic E-state index is 12.9. The fraction of sp³-hybridized carbons (Fsp3) is 0.417. The Morgan fingerprint density at radius 2 is 2.05 bits per heavy atom. The maximum Gasteiger partial charge on any atom is 0.338 e. The van der Waals surface area contributed by atoms with Crippen LogP contribution in [0.1, 0.15) is 24.2 Å². The topological polar surface area (TPSA) is 70.5 Å². The summed E-state index contributed by atoms with van der Waals surface area (Å²) in [6.07, 6.45) is 0.941. The minimum atomic E-state index is -1.26. The zero-order valence-corrected chi connectivity index (χ0v) is 11.5. The monoisotopic (exact) mass is 286 g/mol. The Bertz CT molecular complexity index is 478. The molecule has 1 heterocycles. The molecular weight excluding hydrogens is 271 g/mol. The Hall–Kier alpha value is -1.63. The molecule has 0 radical (unpaired) electrons. The van der Waals surface area contributed by atoms with Gasteiger partial charge in [-0.25, -0.2) is 14.2 Å². The summed E-state index contributed by atoms with van der Waals surface area (Å²) in [5.74, 6) is -1.99. The summed E-state index contributed by atoms with van der Waals surface area (Å²) < 4.78 is 12.9. The molecule has 0 aliphatic rings. The van der Waals surface area contributed by atoms with Crippen LogP contribution in [-0.2, 0) is 4.79 Å². The van der Waals surface area contributed by atoms with Crippen molar-refractivity contribution in [2.75, 3.05) is 18.8 Å². The van der Waals surface area contributed by atoms with Gasteiger partial charge in [-0.2, -0.15) is 0 Å². The third kappa shape index (κ3) is 4.20. The molecular formula is C12H15FN2O3S. The molecule has 1 aromatic rings. The van der Waals surface area contributed by atoms with Gasteiger partial charge in [-0.15, -0.1) is 0 Å². The van der Waals surface area contributed by atoms with Gasteiger partial charge in [-0.1, -0.05) is 11.8 Å². The molecule has 0 fully saturated rings. The minimum Gasteiger partial charge on any atom is -0.478 e. The van der Waals surface area contributed by atoms with E-state index in [2.05, 4.69) is 4.98 Å². The molecule has 1 aromatic heterocycles. The lowest BCUT2D eigenvalue weighted by molar-refractivity contribution is -0.127. The maximum atomic E-state index is 12.9. The Morgan fingerprint density at radius 3 is 2.58 bits per heavy atom. The van der Waals surface area contributed by atoms with Gasteiger partial charge in [-0.3, -0.25) is 4.79 Å². The first-order valence-corrected chi connectivity index (χ1v) is 6.77. The molecule has 1 amide bonds. The van der Waals surface area contributed by atoms with Crippen LogP contribution < -0.4 is 0 Å². The number of nitrogens with zero attached hydrogens (tertiary/aromatic N) is 2. The van der Waals surface area contributed by atoms with E-state index in [1.54, 1.807) is 4.90 Å². The molecule has 1 N–H and O–H groups in total. The number of carboxylic acid groups (broad SMARTS) is 1. The van der Waals surface area contributed by atoms with Gasteiger partial charge in [0.25, 0.3) is 0 Å². The number of halogens is 1. The molecule has 0 atom stereocenters. The molecule has 7 heteroatoms. The zero-order chi connectivity index (χ0) is 14.4. The van der Waals surface area contributed by atoms with E-state index in [1.807, 2.05) is 13.8 Å². The standard InChI is InChI=1S/C12H15FN2O3S/c1-3-15(4-2)10(16)7-19-11-9(12(17)18)5-8(13)6-14-11/h5-6H,3-4,7H2,1-2H3,(H,17,18). The number of hydrogen-bond donors (Lipinski definition) is 1. The van der Waals surface area contributed by atoms with Crippen molar-refractivity contribution in [3.8, 4) is 0 Å². The Labute approximate surface area is 114 Å². The number of thioether (sulfide) groups is 1. The van der Waals surface area contributed by atoms with E-state index in [9.17, 15) is 14.0 Å². The van der Waals surface area contributed by atoms with Gasteiger partial charge >= 0.3 is 5.97 Å². The van der Waals surface area contributed by atoms with E-state index >= 15 is 0 Å². The fourth-order valence-corrected chi connectivity index (χ4v) is 2.36. The van der Waals surface area contributed by atoms with Crippen molar-refractivity contribution < 1.29 is 19.1 Å². The quantitative estimate of drug-likeness (QED) is 0.808. The fourth-order valence-electron chi connectivity index (χ4n) is 1.49. The van der Waals surface area contributed by atoms with Gasteiger partial charge in [-0.05, 0) is 19.9 Å². The summed E-state index contributed by atoms with van der Waals surface area (Å²) in [6.45, 7) is 4.92. The Kier molecular flexibility index (Phi) is 5.75. The van der Waals surface area contributed by atoms with Crippen LogP contribution in [0.15, 0.2) is 17.3 Å². The smallest absolute Gasteiger partial charge is 0.338 e. The van der Waals surface area contributed by atoms with Crippen molar-refractivity contribution in [2.45, 2.75) is 18.9 Å². The zero-order valence-electron chi connectivity index (χ0n) is 10.7. The normalized spacial score (nSPS) is 10.3. The number of amides is 1. The number of aromatic nitrogens is 1. The lowest BCUT2D eigenvalue weighted by atomic mass is 10.3. The van der Waals surface area contributed by atoms with Crippen molar-refractivity contribution in [3.05, 3.63) is 23.6 Å². The van der Waals surface area contributed by atoms with Crippen molar-refractivity contribution in [1.82, 2.24) is 9.88 Å². The van der Waals surface area contributed by atoms with E-state index in [1.165, 1.54) is 0 Å². The van der Waals surface area contributed by atoms with E-state index in [-0.39, 0.29) is 22.2 Å². The SMILES string of the molecule is CCN(CC)C(=O)CSc1ncc(F)cc1C(=O)O. The number of carbonyl (C=O) groups is 2. The van der Waals surface area contributed by atoms with Crippen molar-refractivity contribution in [1.29, 1.82) is 0 Å². The van der Waals surface area contributed by atoms with Gasteiger partial charge in [0.05, 0.1) is 17.5 Å². The predicted molar refractivity (Wildman–Crippen MR) is 69.8 cm³/mol. The number of hydrogen-bond acceptors (Lipinski definition) is 4. The number of carboxylic acids is 1. The second-order valence-corrected chi connectivity index (χ2v) is 4.63. The predicted octanol–water partition coefficient (Wildman–Crippen LogP) is 1.88. The lowest BCUT2D eigenvalue weighted by Crippen LogP contribution is -2.31. The molecule has 0 saturated carbocycles. The summed E-state index contributed by atoms with van der Waals surface area (Å²) >= 11 is 1.00. The van der Waals surface area contributed by atoms with Gasteiger partial charge < -0.3 is 10.0 Å². The van der Waals surface area contributed by atoms with Gasteiger partial charge in [0, 0.05) is 13.1 Å². The Morgan fingerprint density at radius 1 is 1.42 bits per heavy atom. The molecule has 0 bridgehead atoms. The highest BCUT2D eigenvalue weighted by molar-refractivity contribution is 8.00. The molecule has 0 unspecified atom stereocenters. The third-order valence-electron chi connectivity index (χ3n) is 2.50. The molecule has 1 rings (SSSR count). The first kappa shape index (κ1) is 15.4. The highest BCUT2D eigenvalue weighted by Gasteiger charge is 2.16. The Balaban J connectivity index is 2.78. The van der Waals surface area contributed by atoms with Crippen LogP contribution in [0.2, 0.25) is 0 Å². The summed E-state index contributed by atoms with van der Waals surface area (Å²) in [4.78, 5) is 28.1. The van der Waals surface area contributed by atoms with E-state index < -0.39 is 11.8 Å². The summed E-state index contributed by atoms with van der Waals surface area (Å²) in [5.41, 5.74) is -0.225. The lowest BCUT2D eigenvalue weighted by Gasteiger charge is -2.18. The van der Waals surface area contributed by atoms with Crippen LogP contribution in [0.25, 0.3) is 0 Å². The van der Waals surface area contributed by atoms with E-state index in [4.69, 9.17) is 5.11 Å².